The molecule has 68 valence electrons. The number of nitriles is 1. The van der Waals surface area contributed by atoms with Crippen molar-refractivity contribution in [3.8, 4) is 6.07 Å². The first-order valence-corrected chi connectivity index (χ1v) is 4.31. The fourth-order valence-corrected chi connectivity index (χ4v) is 1.28. The van der Waals surface area contributed by atoms with Crippen molar-refractivity contribution >= 4 is 0 Å². The Morgan fingerprint density at radius 3 is 2.54 bits per heavy atom. The van der Waals surface area contributed by atoms with Gasteiger partial charge in [0.2, 0.25) is 0 Å². The summed E-state index contributed by atoms with van der Waals surface area (Å²) in [5.41, 5.74) is 7.28. The van der Waals surface area contributed by atoms with Gasteiger partial charge in [-0.25, -0.2) is 0 Å². The third kappa shape index (κ3) is 1.88. The molecule has 13 heavy (non-hydrogen) atoms. The van der Waals surface area contributed by atoms with E-state index in [1.807, 2.05) is 38.1 Å². The number of hydrogen-bond donors (Lipinski definition) is 1. The quantitative estimate of drug-likeness (QED) is 0.743. The Morgan fingerprint density at radius 2 is 2.00 bits per heavy atom. The molecule has 2 N–H and O–H groups in total. The summed E-state index contributed by atoms with van der Waals surface area (Å²) in [6.45, 7) is 4.64. The second kappa shape index (κ2) is 3.59. The average Bonchev–Trinajstić information content (AvgIpc) is 2.18. The third-order valence-corrected chi connectivity index (χ3v) is 2.29. The Labute approximate surface area is 79.0 Å². The van der Waals surface area contributed by atoms with Gasteiger partial charge in [0, 0.05) is 12.0 Å². The van der Waals surface area contributed by atoms with E-state index in [9.17, 15) is 0 Å². The zero-order chi connectivity index (χ0) is 9.90. The van der Waals surface area contributed by atoms with Crippen LogP contribution in [0.25, 0.3) is 0 Å². The molecule has 0 aliphatic heterocycles. The average molecular weight is 174 g/mol. The van der Waals surface area contributed by atoms with E-state index >= 15 is 0 Å². The lowest BCUT2D eigenvalue weighted by atomic mass is 9.82. The second-order valence-electron chi connectivity index (χ2n) is 3.75. The minimum atomic E-state index is -0.119. The molecule has 0 atom stereocenters. The summed E-state index contributed by atoms with van der Waals surface area (Å²) in [7, 11) is 0. The van der Waals surface area contributed by atoms with E-state index in [1.54, 1.807) is 0 Å². The van der Waals surface area contributed by atoms with Gasteiger partial charge in [-0.3, -0.25) is 0 Å². The topological polar surface area (TPSA) is 49.8 Å². The summed E-state index contributed by atoms with van der Waals surface area (Å²) in [5.74, 6) is 0. The first kappa shape index (κ1) is 9.76. The largest absolute Gasteiger partial charge is 0.330 e. The predicted molar refractivity (Wildman–Crippen MR) is 53.2 cm³/mol. The molecule has 0 saturated carbocycles. The highest BCUT2D eigenvalue weighted by atomic mass is 14.6. The third-order valence-electron chi connectivity index (χ3n) is 2.29. The Balaban J connectivity index is 3.22. The fraction of sp³-hybridized carbons (Fsp3) is 0.364. The van der Waals surface area contributed by atoms with Crippen molar-refractivity contribution in [3.05, 3.63) is 35.4 Å². The summed E-state index contributed by atoms with van der Waals surface area (Å²) in [6.07, 6.45) is 0. The molecule has 0 saturated heterocycles. The smallest absolute Gasteiger partial charge is 0.0994 e. The van der Waals surface area contributed by atoms with Crippen LogP contribution >= 0.6 is 0 Å². The number of nitrogens with two attached hydrogens (primary N) is 1. The van der Waals surface area contributed by atoms with Crippen molar-refractivity contribution in [2.24, 2.45) is 5.73 Å². The summed E-state index contributed by atoms with van der Waals surface area (Å²) >= 11 is 0. The highest BCUT2D eigenvalue weighted by Crippen LogP contribution is 2.24. The van der Waals surface area contributed by atoms with Crippen molar-refractivity contribution in [2.45, 2.75) is 19.3 Å². The Bertz CT molecular complexity index is 334. The van der Waals surface area contributed by atoms with Gasteiger partial charge in [0.05, 0.1) is 11.6 Å². The van der Waals surface area contributed by atoms with Gasteiger partial charge in [-0.1, -0.05) is 32.0 Å². The van der Waals surface area contributed by atoms with Crippen LogP contribution in [0.3, 0.4) is 0 Å². The lowest BCUT2D eigenvalue weighted by Gasteiger charge is -2.23. The minimum Gasteiger partial charge on any atom is -0.330 e. The zero-order valence-electron chi connectivity index (χ0n) is 8.04. The molecule has 0 aliphatic carbocycles. The maximum absolute atomic E-state index is 8.89. The highest BCUT2D eigenvalue weighted by molar-refractivity contribution is 5.41. The molecule has 0 amide bonds. The van der Waals surface area contributed by atoms with E-state index in [0.717, 1.165) is 11.1 Å². The van der Waals surface area contributed by atoms with Crippen molar-refractivity contribution < 1.29 is 0 Å². The van der Waals surface area contributed by atoms with Crippen LogP contribution in [0.4, 0.5) is 0 Å². The molecule has 2 nitrogen and oxygen atoms in total. The van der Waals surface area contributed by atoms with E-state index < -0.39 is 0 Å². The first-order valence-electron chi connectivity index (χ1n) is 4.31. The molecule has 2 heteroatoms. The summed E-state index contributed by atoms with van der Waals surface area (Å²) < 4.78 is 0. The Morgan fingerprint density at radius 1 is 1.38 bits per heavy atom. The van der Waals surface area contributed by atoms with Crippen LogP contribution in [-0.2, 0) is 5.41 Å². The predicted octanol–water partition coefficient (Wildman–Crippen LogP) is 1.79. The summed E-state index contributed by atoms with van der Waals surface area (Å²) in [6, 6.07) is 9.78. The van der Waals surface area contributed by atoms with Crippen LogP contribution in [-0.4, -0.2) is 6.54 Å². The molecule has 0 aliphatic rings. The lowest BCUT2D eigenvalue weighted by Crippen LogP contribution is -2.28. The van der Waals surface area contributed by atoms with Gasteiger partial charge in [0.1, 0.15) is 0 Å². The molecule has 1 aromatic carbocycles. The van der Waals surface area contributed by atoms with Crippen molar-refractivity contribution in [1.29, 1.82) is 5.26 Å². The minimum absolute atomic E-state index is 0.119. The van der Waals surface area contributed by atoms with Gasteiger partial charge < -0.3 is 5.73 Å². The van der Waals surface area contributed by atoms with Gasteiger partial charge in [-0.15, -0.1) is 0 Å². The van der Waals surface area contributed by atoms with E-state index in [2.05, 4.69) is 6.07 Å². The van der Waals surface area contributed by atoms with Crippen LogP contribution in [0.2, 0.25) is 0 Å². The number of hydrogen-bond acceptors (Lipinski definition) is 2. The van der Waals surface area contributed by atoms with E-state index in [4.69, 9.17) is 11.0 Å². The first-order chi connectivity index (χ1) is 6.11. The van der Waals surface area contributed by atoms with Crippen molar-refractivity contribution in [2.75, 3.05) is 6.54 Å². The van der Waals surface area contributed by atoms with Gasteiger partial charge >= 0.3 is 0 Å². The molecular weight excluding hydrogens is 160 g/mol. The van der Waals surface area contributed by atoms with E-state index in [-0.39, 0.29) is 5.41 Å². The number of benzene rings is 1. The molecule has 0 heterocycles. The van der Waals surface area contributed by atoms with Crippen LogP contribution in [0.15, 0.2) is 24.3 Å². The van der Waals surface area contributed by atoms with Crippen molar-refractivity contribution in [1.82, 2.24) is 0 Å². The zero-order valence-corrected chi connectivity index (χ0v) is 8.04. The van der Waals surface area contributed by atoms with E-state index in [0.29, 0.717) is 6.54 Å². The molecule has 0 unspecified atom stereocenters. The van der Waals surface area contributed by atoms with Gasteiger partial charge in [0.25, 0.3) is 0 Å². The molecule has 0 fully saturated rings. The molecule has 1 rings (SSSR count). The SMILES string of the molecule is CC(C)(CN)c1ccccc1C#N. The molecule has 0 aromatic heterocycles. The molecule has 0 bridgehead atoms. The molecule has 0 spiro atoms. The number of nitrogens with zero attached hydrogens (tertiary/aromatic N) is 1. The van der Waals surface area contributed by atoms with Crippen LogP contribution in [0.1, 0.15) is 25.0 Å². The van der Waals surface area contributed by atoms with Crippen LogP contribution < -0.4 is 5.73 Å². The Kier molecular flexibility index (Phi) is 2.69. The van der Waals surface area contributed by atoms with Crippen LogP contribution in [0.5, 0.6) is 0 Å². The molecule has 1 aromatic rings. The maximum Gasteiger partial charge on any atom is 0.0994 e. The summed E-state index contributed by atoms with van der Waals surface area (Å²) in [5, 5.41) is 8.89. The maximum atomic E-state index is 8.89. The molecule has 0 radical (unpaired) electrons. The van der Waals surface area contributed by atoms with E-state index in [1.165, 1.54) is 0 Å². The monoisotopic (exact) mass is 174 g/mol. The molecular formula is C11H14N2. The van der Waals surface area contributed by atoms with Crippen LogP contribution in [0, 0.1) is 11.3 Å². The Hall–Kier alpha value is -1.33. The van der Waals surface area contributed by atoms with Crippen molar-refractivity contribution in [3.63, 3.8) is 0 Å². The second-order valence-corrected chi connectivity index (χ2v) is 3.75. The normalized spacial score (nSPS) is 10.9. The van der Waals surface area contributed by atoms with Gasteiger partial charge in [-0.05, 0) is 11.6 Å². The van der Waals surface area contributed by atoms with Gasteiger partial charge in [-0.2, -0.15) is 5.26 Å². The van der Waals surface area contributed by atoms with Gasteiger partial charge in [0.15, 0.2) is 0 Å². The lowest BCUT2D eigenvalue weighted by molar-refractivity contribution is 0.538. The highest BCUT2D eigenvalue weighted by Gasteiger charge is 2.21. The number of rotatable bonds is 2. The standard InChI is InChI=1S/C11H14N2/c1-11(2,8-13)10-6-4-3-5-9(10)7-12/h3-6H,8,13H2,1-2H3. The summed E-state index contributed by atoms with van der Waals surface area (Å²) in [4.78, 5) is 0. The fourth-order valence-electron chi connectivity index (χ4n) is 1.28.